The first-order valence-electron chi connectivity index (χ1n) is 4.19. The molecule has 0 aromatic carbocycles. The summed E-state index contributed by atoms with van der Waals surface area (Å²) in [6.45, 7) is 1.13. The molecular weight excluding hydrogens is 228 g/mol. The summed E-state index contributed by atoms with van der Waals surface area (Å²) in [7, 11) is 0. The molecule has 0 radical (unpaired) electrons. The molecule has 1 rings (SSSR count). The molecule has 6 nitrogen and oxygen atoms in total. The molecule has 0 aliphatic heterocycles. The predicted octanol–water partition coefficient (Wildman–Crippen LogP) is 1.84. The first-order valence-corrected chi connectivity index (χ1v) is 4.19. The molecule has 1 heterocycles. The van der Waals surface area contributed by atoms with Crippen molar-refractivity contribution >= 4 is 11.9 Å². The molecule has 0 spiro atoms. The van der Waals surface area contributed by atoms with E-state index in [-0.39, 0.29) is 6.61 Å². The van der Waals surface area contributed by atoms with E-state index in [1.807, 2.05) is 0 Å². The molecule has 0 fully saturated rings. The Bertz CT molecular complexity index is 414. The third-order valence-corrected chi connectivity index (χ3v) is 1.61. The fourth-order valence-electron chi connectivity index (χ4n) is 0.917. The Morgan fingerprint density at radius 1 is 1.62 bits per heavy atom. The monoisotopic (exact) mass is 235 g/mol. The zero-order valence-corrected chi connectivity index (χ0v) is 8.11. The minimum absolute atomic E-state index is 0.225. The third-order valence-electron chi connectivity index (χ3n) is 1.61. The molecular formula is C8H7F2NO5. The second-order valence-electron chi connectivity index (χ2n) is 2.69. The molecule has 1 aromatic rings. The number of furan rings is 1. The lowest BCUT2D eigenvalue weighted by Gasteiger charge is -2.10. The number of halogens is 2. The molecule has 0 unspecified atom stereocenters. The van der Waals surface area contributed by atoms with Crippen LogP contribution < -0.4 is 0 Å². The minimum atomic E-state index is -4.02. The van der Waals surface area contributed by atoms with E-state index >= 15 is 0 Å². The summed E-state index contributed by atoms with van der Waals surface area (Å²) in [4.78, 5) is 20.0. The fraction of sp³-hybridized carbons (Fsp3) is 0.375. The Morgan fingerprint density at radius 2 is 2.25 bits per heavy atom. The minimum Gasteiger partial charge on any atom is -0.461 e. The number of nitro groups is 1. The van der Waals surface area contributed by atoms with E-state index in [0.717, 1.165) is 6.07 Å². The Hall–Kier alpha value is -1.99. The highest BCUT2D eigenvalue weighted by molar-refractivity contribution is 5.78. The van der Waals surface area contributed by atoms with Gasteiger partial charge in [-0.15, -0.1) is 0 Å². The fourth-order valence-corrected chi connectivity index (χ4v) is 0.917. The highest BCUT2D eigenvalue weighted by Crippen LogP contribution is 2.32. The highest BCUT2D eigenvalue weighted by Gasteiger charge is 2.46. The van der Waals surface area contributed by atoms with Crippen LogP contribution in [0.15, 0.2) is 16.5 Å². The van der Waals surface area contributed by atoms with Crippen LogP contribution in [0.2, 0.25) is 0 Å². The van der Waals surface area contributed by atoms with E-state index in [0.29, 0.717) is 6.07 Å². The van der Waals surface area contributed by atoms with Gasteiger partial charge in [-0.2, -0.15) is 8.78 Å². The van der Waals surface area contributed by atoms with Crippen molar-refractivity contribution in [3.8, 4) is 0 Å². The van der Waals surface area contributed by atoms with Gasteiger partial charge in [-0.3, -0.25) is 10.1 Å². The molecule has 8 heteroatoms. The van der Waals surface area contributed by atoms with Crippen molar-refractivity contribution in [2.75, 3.05) is 6.61 Å². The van der Waals surface area contributed by atoms with Crippen LogP contribution in [0.4, 0.5) is 14.7 Å². The highest BCUT2D eigenvalue weighted by atomic mass is 19.3. The van der Waals surface area contributed by atoms with Crippen molar-refractivity contribution in [2.45, 2.75) is 12.8 Å². The molecule has 16 heavy (non-hydrogen) atoms. The molecule has 0 amide bonds. The maximum atomic E-state index is 13.2. The molecule has 0 atom stereocenters. The van der Waals surface area contributed by atoms with E-state index in [4.69, 9.17) is 0 Å². The van der Waals surface area contributed by atoms with Gasteiger partial charge in [0.05, 0.1) is 12.7 Å². The van der Waals surface area contributed by atoms with Gasteiger partial charge in [0, 0.05) is 0 Å². The third kappa shape index (κ3) is 2.15. The van der Waals surface area contributed by atoms with E-state index in [2.05, 4.69) is 9.15 Å². The van der Waals surface area contributed by atoms with Crippen molar-refractivity contribution in [1.82, 2.24) is 0 Å². The maximum Gasteiger partial charge on any atom is 0.433 e. The number of hydrogen-bond donors (Lipinski definition) is 0. The number of rotatable bonds is 4. The molecule has 0 aliphatic rings. The number of nitrogens with zero attached hydrogens (tertiary/aromatic N) is 1. The Morgan fingerprint density at radius 3 is 2.69 bits per heavy atom. The van der Waals surface area contributed by atoms with Crippen LogP contribution in [-0.2, 0) is 15.5 Å². The maximum absolute atomic E-state index is 13.2. The summed E-state index contributed by atoms with van der Waals surface area (Å²) in [5, 5.41) is 10.2. The molecule has 0 saturated carbocycles. The van der Waals surface area contributed by atoms with Crippen molar-refractivity contribution < 1.29 is 27.7 Å². The lowest BCUT2D eigenvalue weighted by atomic mass is 10.2. The van der Waals surface area contributed by atoms with Crippen molar-refractivity contribution in [2.24, 2.45) is 0 Å². The van der Waals surface area contributed by atoms with Gasteiger partial charge in [-0.05, 0) is 13.0 Å². The molecule has 0 aliphatic carbocycles. The number of carbonyl (C=O) groups is 1. The summed E-state index contributed by atoms with van der Waals surface area (Å²) < 4.78 is 34.8. The van der Waals surface area contributed by atoms with Crippen LogP contribution in [0.25, 0.3) is 0 Å². The van der Waals surface area contributed by atoms with E-state index in [1.54, 1.807) is 0 Å². The van der Waals surface area contributed by atoms with Crippen molar-refractivity contribution in [1.29, 1.82) is 0 Å². The Kier molecular flexibility index (Phi) is 3.21. The lowest BCUT2D eigenvalue weighted by Crippen LogP contribution is -2.27. The van der Waals surface area contributed by atoms with Crippen LogP contribution >= 0.6 is 0 Å². The first-order chi connectivity index (χ1) is 7.39. The Labute approximate surface area is 87.9 Å². The Balaban J connectivity index is 2.97. The van der Waals surface area contributed by atoms with E-state index in [1.165, 1.54) is 6.92 Å². The summed E-state index contributed by atoms with van der Waals surface area (Å²) >= 11 is 0. The van der Waals surface area contributed by atoms with Crippen LogP contribution in [0.3, 0.4) is 0 Å². The number of hydrogen-bond acceptors (Lipinski definition) is 5. The van der Waals surface area contributed by atoms with Gasteiger partial charge < -0.3 is 9.15 Å². The van der Waals surface area contributed by atoms with Crippen LogP contribution in [0, 0.1) is 10.1 Å². The molecule has 0 N–H and O–H groups in total. The molecule has 1 aromatic heterocycles. The van der Waals surface area contributed by atoms with Gasteiger partial charge >= 0.3 is 17.8 Å². The van der Waals surface area contributed by atoms with Gasteiger partial charge in [-0.1, -0.05) is 0 Å². The van der Waals surface area contributed by atoms with Crippen LogP contribution in [0.1, 0.15) is 12.7 Å². The standard InChI is InChI=1S/C8H7F2NO5/c1-2-15-7(12)8(9,10)5-3-4-6(16-5)11(13)14/h3-4H,2H2,1H3. The summed E-state index contributed by atoms with van der Waals surface area (Å²) in [6.07, 6.45) is 0. The smallest absolute Gasteiger partial charge is 0.433 e. The summed E-state index contributed by atoms with van der Waals surface area (Å²) in [5.41, 5.74) is 0. The van der Waals surface area contributed by atoms with E-state index < -0.39 is 28.5 Å². The van der Waals surface area contributed by atoms with Gasteiger partial charge in [-0.25, -0.2) is 4.79 Å². The van der Waals surface area contributed by atoms with Gasteiger partial charge in [0.15, 0.2) is 5.76 Å². The second-order valence-corrected chi connectivity index (χ2v) is 2.69. The number of carbonyl (C=O) groups excluding carboxylic acids is 1. The van der Waals surface area contributed by atoms with Crippen LogP contribution in [0.5, 0.6) is 0 Å². The zero-order valence-electron chi connectivity index (χ0n) is 8.11. The normalized spacial score (nSPS) is 11.2. The van der Waals surface area contributed by atoms with Gasteiger partial charge in [0.2, 0.25) is 0 Å². The number of alkyl halides is 2. The molecule has 0 bridgehead atoms. The molecule has 88 valence electrons. The SMILES string of the molecule is CCOC(=O)C(F)(F)c1ccc([N+](=O)[O-])o1. The quantitative estimate of drug-likeness (QED) is 0.451. The second kappa shape index (κ2) is 4.25. The average molecular weight is 235 g/mol. The average Bonchev–Trinajstić information content (AvgIpc) is 2.67. The number of ether oxygens (including phenoxy) is 1. The first kappa shape index (κ1) is 12.1. The van der Waals surface area contributed by atoms with Crippen LogP contribution in [-0.4, -0.2) is 17.5 Å². The van der Waals surface area contributed by atoms with Crippen molar-refractivity contribution in [3.63, 3.8) is 0 Å². The topological polar surface area (TPSA) is 82.6 Å². The zero-order chi connectivity index (χ0) is 12.3. The number of esters is 1. The predicted molar refractivity (Wildman–Crippen MR) is 45.9 cm³/mol. The largest absolute Gasteiger partial charge is 0.461 e. The van der Waals surface area contributed by atoms with E-state index in [9.17, 15) is 23.7 Å². The summed E-state index contributed by atoms with van der Waals surface area (Å²) in [6, 6.07) is 1.40. The van der Waals surface area contributed by atoms with Gasteiger partial charge in [0.25, 0.3) is 0 Å². The molecule has 0 saturated heterocycles. The summed E-state index contributed by atoms with van der Waals surface area (Å²) in [5.74, 6) is -7.81. The van der Waals surface area contributed by atoms with Gasteiger partial charge in [0.1, 0.15) is 4.92 Å². The lowest BCUT2D eigenvalue weighted by molar-refractivity contribution is -0.402. The van der Waals surface area contributed by atoms with Crippen molar-refractivity contribution in [3.05, 3.63) is 28.0 Å².